The zero-order valence-corrected chi connectivity index (χ0v) is 14.2. The van der Waals surface area contributed by atoms with Gasteiger partial charge in [0.15, 0.2) is 0 Å². The first-order valence-corrected chi connectivity index (χ1v) is 8.71. The average molecular weight is 337 g/mol. The van der Waals surface area contributed by atoms with Crippen molar-refractivity contribution in [1.82, 2.24) is 10.4 Å². The van der Waals surface area contributed by atoms with Crippen molar-refractivity contribution in [3.8, 4) is 0 Å². The second-order valence-corrected chi connectivity index (χ2v) is 6.24. The summed E-state index contributed by atoms with van der Waals surface area (Å²) in [5.74, 6) is -0.318. The standard InChI is InChI=1S/C20H23N3O2/c24-19(15-16-9-3-1-4-10-16)21-18-12-6-5-11-17(18)20(25)22-23-13-7-2-8-14-23/h1,3-6,9-12H,2,7-8,13-15H2,(H,21,24)(H,22,25). The van der Waals surface area contributed by atoms with Gasteiger partial charge < -0.3 is 5.32 Å². The average Bonchev–Trinajstić information content (AvgIpc) is 2.63. The molecule has 5 heteroatoms. The fraction of sp³-hybridized carbons (Fsp3) is 0.300. The SMILES string of the molecule is O=C(Cc1ccccc1)Nc1ccccc1C(=O)NN1CCCCC1. The predicted molar refractivity (Wildman–Crippen MR) is 98.1 cm³/mol. The normalized spacial score (nSPS) is 14.7. The number of hydrogen-bond acceptors (Lipinski definition) is 3. The van der Waals surface area contributed by atoms with Crippen LogP contribution in [0.15, 0.2) is 54.6 Å². The van der Waals surface area contributed by atoms with Crippen LogP contribution in [0.25, 0.3) is 0 Å². The van der Waals surface area contributed by atoms with E-state index in [0.717, 1.165) is 31.5 Å². The van der Waals surface area contributed by atoms with E-state index in [2.05, 4.69) is 10.7 Å². The maximum atomic E-state index is 12.6. The van der Waals surface area contributed by atoms with Gasteiger partial charge in [-0.05, 0) is 30.5 Å². The summed E-state index contributed by atoms with van der Waals surface area (Å²) in [6.07, 6.45) is 3.67. The second kappa shape index (κ2) is 8.44. The molecule has 1 aliphatic heterocycles. The Morgan fingerprint density at radius 3 is 2.32 bits per heavy atom. The van der Waals surface area contributed by atoms with Crippen LogP contribution in [0.2, 0.25) is 0 Å². The highest BCUT2D eigenvalue weighted by atomic mass is 16.2. The van der Waals surface area contributed by atoms with Crippen LogP contribution in [0.5, 0.6) is 0 Å². The van der Waals surface area contributed by atoms with Crippen molar-refractivity contribution in [2.24, 2.45) is 0 Å². The lowest BCUT2D eigenvalue weighted by atomic mass is 10.1. The molecule has 0 radical (unpaired) electrons. The zero-order valence-electron chi connectivity index (χ0n) is 14.2. The number of para-hydroxylation sites is 1. The van der Waals surface area contributed by atoms with E-state index in [1.807, 2.05) is 41.4 Å². The molecule has 1 saturated heterocycles. The maximum absolute atomic E-state index is 12.6. The molecule has 2 amide bonds. The van der Waals surface area contributed by atoms with Gasteiger partial charge in [-0.15, -0.1) is 0 Å². The Hall–Kier alpha value is -2.66. The molecule has 0 aromatic heterocycles. The van der Waals surface area contributed by atoms with Crippen LogP contribution in [0.4, 0.5) is 5.69 Å². The number of hydrazine groups is 1. The second-order valence-electron chi connectivity index (χ2n) is 6.24. The van der Waals surface area contributed by atoms with Gasteiger partial charge in [0, 0.05) is 13.1 Å². The third kappa shape index (κ3) is 4.90. The van der Waals surface area contributed by atoms with E-state index in [9.17, 15) is 9.59 Å². The zero-order chi connectivity index (χ0) is 17.5. The molecule has 1 fully saturated rings. The lowest BCUT2D eigenvalue weighted by molar-refractivity contribution is -0.115. The summed E-state index contributed by atoms with van der Waals surface area (Å²) in [5, 5.41) is 4.81. The van der Waals surface area contributed by atoms with Gasteiger partial charge in [0.1, 0.15) is 0 Å². The van der Waals surface area contributed by atoms with Crippen LogP contribution in [0, 0.1) is 0 Å². The van der Waals surface area contributed by atoms with E-state index in [0.29, 0.717) is 11.3 Å². The summed E-state index contributed by atoms with van der Waals surface area (Å²) in [4.78, 5) is 24.9. The Kier molecular flexibility index (Phi) is 5.80. The van der Waals surface area contributed by atoms with Crippen LogP contribution in [0.1, 0.15) is 35.2 Å². The van der Waals surface area contributed by atoms with Gasteiger partial charge in [-0.1, -0.05) is 48.9 Å². The molecule has 0 spiro atoms. The molecule has 1 heterocycles. The van der Waals surface area contributed by atoms with Gasteiger partial charge in [0.05, 0.1) is 17.7 Å². The molecule has 0 unspecified atom stereocenters. The molecule has 5 nitrogen and oxygen atoms in total. The van der Waals surface area contributed by atoms with Crippen molar-refractivity contribution in [1.29, 1.82) is 0 Å². The molecule has 3 rings (SSSR count). The topological polar surface area (TPSA) is 61.4 Å². The molecular formula is C20H23N3O2. The van der Waals surface area contributed by atoms with Crippen molar-refractivity contribution in [2.45, 2.75) is 25.7 Å². The molecule has 1 aliphatic rings. The van der Waals surface area contributed by atoms with Gasteiger partial charge in [-0.25, -0.2) is 5.01 Å². The number of carbonyl (C=O) groups is 2. The lowest BCUT2D eigenvalue weighted by Gasteiger charge is -2.27. The molecule has 0 aliphatic carbocycles. The first-order valence-electron chi connectivity index (χ1n) is 8.71. The summed E-state index contributed by atoms with van der Waals surface area (Å²) in [6, 6.07) is 16.7. The van der Waals surface area contributed by atoms with Gasteiger partial charge in [-0.3, -0.25) is 15.0 Å². The number of anilines is 1. The minimum atomic E-state index is -0.183. The van der Waals surface area contributed by atoms with Gasteiger partial charge in [-0.2, -0.15) is 0 Å². The van der Waals surface area contributed by atoms with Crippen molar-refractivity contribution in [3.63, 3.8) is 0 Å². The van der Waals surface area contributed by atoms with Crippen molar-refractivity contribution >= 4 is 17.5 Å². The molecule has 2 N–H and O–H groups in total. The predicted octanol–water partition coefficient (Wildman–Crippen LogP) is 3.00. The van der Waals surface area contributed by atoms with Crippen molar-refractivity contribution in [3.05, 3.63) is 65.7 Å². The van der Waals surface area contributed by atoms with Crippen LogP contribution < -0.4 is 10.7 Å². The van der Waals surface area contributed by atoms with E-state index in [1.54, 1.807) is 18.2 Å². The molecule has 0 atom stereocenters. The minimum Gasteiger partial charge on any atom is -0.325 e. The monoisotopic (exact) mass is 337 g/mol. The van der Waals surface area contributed by atoms with Crippen LogP contribution >= 0.6 is 0 Å². The summed E-state index contributed by atoms with van der Waals surface area (Å²) in [6.45, 7) is 1.74. The summed E-state index contributed by atoms with van der Waals surface area (Å²) in [7, 11) is 0. The van der Waals surface area contributed by atoms with E-state index in [1.165, 1.54) is 6.42 Å². The first kappa shape index (κ1) is 17.2. The Bertz CT molecular complexity index is 725. The number of amides is 2. The molecule has 2 aromatic rings. The van der Waals surface area contributed by atoms with Crippen LogP contribution in [-0.4, -0.2) is 29.9 Å². The highest BCUT2D eigenvalue weighted by Gasteiger charge is 2.17. The number of piperidine rings is 1. The number of benzene rings is 2. The maximum Gasteiger partial charge on any atom is 0.267 e. The third-order valence-electron chi connectivity index (χ3n) is 4.27. The molecule has 2 aromatic carbocycles. The van der Waals surface area contributed by atoms with Gasteiger partial charge >= 0.3 is 0 Å². The third-order valence-corrected chi connectivity index (χ3v) is 4.27. The minimum absolute atomic E-state index is 0.135. The largest absolute Gasteiger partial charge is 0.325 e. The number of nitrogens with zero attached hydrogens (tertiary/aromatic N) is 1. The van der Waals surface area contributed by atoms with Crippen molar-refractivity contribution in [2.75, 3.05) is 18.4 Å². The van der Waals surface area contributed by atoms with E-state index in [-0.39, 0.29) is 18.2 Å². The Balaban J connectivity index is 1.65. The van der Waals surface area contributed by atoms with Crippen LogP contribution in [-0.2, 0) is 11.2 Å². The molecule has 25 heavy (non-hydrogen) atoms. The van der Waals surface area contributed by atoms with E-state index < -0.39 is 0 Å². The fourth-order valence-electron chi connectivity index (χ4n) is 2.98. The summed E-state index contributed by atoms with van der Waals surface area (Å²) >= 11 is 0. The summed E-state index contributed by atoms with van der Waals surface area (Å²) < 4.78 is 0. The van der Waals surface area contributed by atoms with Crippen LogP contribution in [0.3, 0.4) is 0 Å². The lowest BCUT2D eigenvalue weighted by Crippen LogP contribution is -2.45. The fourth-order valence-corrected chi connectivity index (χ4v) is 2.98. The number of hydrogen-bond donors (Lipinski definition) is 2. The highest BCUT2D eigenvalue weighted by molar-refractivity contribution is 6.03. The number of carbonyl (C=O) groups excluding carboxylic acids is 2. The Labute approximate surface area is 148 Å². The van der Waals surface area contributed by atoms with E-state index >= 15 is 0 Å². The smallest absolute Gasteiger partial charge is 0.267 e. The molecular weight excluding hydrogens is 314 g/mol. The molecule has 130 valence electrons. The number of rotatable bonds is 5. The molecule has 0 saturated carbocycles. The Morgan fingerprint density at radius 2 is 1.56 bits per heavy atom. The molecule has 0 bridgehead atoms. The van der Waals surface area contributed by atoms with Gasteiger partial charge in [0.25, 0.3) is 5.91 Å². The quantitative estimate of drug-likeness (QED) is 0.882. The van der Waals surface area contributed by atoms with Gasteiger partial charge in [0.2, 0.25) is 5.91 Å². The Morgan fingerprint density at radius 1 is 0.880 bits per heavy atom. The number of nitrogens with one attached hydrogen (secondary N) is 2. The summed E-state index contributed by atoms with van der Waals surface area (Å²) in [5.41, 5.74) is 4.90. The van der Waals surface area contributed by atoms with Crippen molar-refractivity contribution < 1.29 is 9.59 Å². The first-order chi connectivity index (χ1) is 12.2. The highest BCUT2D eigenvalue weighted by Crippen LogP contribution is 2.16. The van der Waals surface area contributed by atoms with E-state index in [4.69, 9.17) is 0 Å².